The van der Waals surface area contributed by atoms with Crippen LogP contribution in [0.1, 0.15) is 22.8 Å². The Balaban J connectivity index is 1.92. The van der Waals surface area contributed by atoms with Crippen molar-refractivity contribution in [1.29, 1.82) is 0 Å². The molecule has 0 aliphatic rings. The number of aromatic hydroxyl groups is 1. The molecule has 1 N–H and O–H groups in total. The Kier molecular flexibility index (Phi) is 4.18. The average Bonchev–Trinajstić information content (AvgIpc) is 2.39. The summed E-state index contributed by atoms with van der Waals surface area (Å²) in [6, 6.07) is 14.2. The highest BCUT2D eigenvalue weighted by atomic mass is 16.5. The first-order valence-corrected chi connectivity index (χ1v) is 6.17. The third-order valence-electron chi connectivity index (χ3n) is 2.81. The van der Waals surface area contributed by atoms with E-state index in [-0.39, 0.29) is 11.5 Å². The van der Waals surface area contributed by atoms with Gasteiger partial charge in [-0.15, -0.1) is 0 Å². The summed E-state index contributed by atoms with van der Waals surface area (Å²) < 4.78 is 5.61. The molecule has 0 fully saturated rings. The van der Waals surface area contributed by atoms with Gasteiger partial charge >= 0.3 is 0 Å². The van der Waals surface area contributed by atoms with Gasteiger partial charge < -0.3 is 9.84 Å². The van der Waals surface area contributed by atoms with E-state index >= 15 is 0 Å². The smallest absolute Gasteiger partial charge is 0.159 e. The van der Waals surface area contributed by atoms with Crippen molar-refractivity contribution in [3.05, 3.63) is 59.7 Å². The third-order valence-corrected chi connectivity index (χ3v) is 2.81. The molecule has 0 aliphatic heterocycles. The summed E-state index contributed by atoms with van der Waals surface area (Å²) in [4.78, 5) is 11.2. The van der Waals surface area contributed by atoms with Gasteiger partial charge in [0, 0.05) is 12.0 Å². The fourth-order valence-corrected chi connectivity index (χ4v) is 1.80. The maximum absolute atomic E-state index is 11.2. The molecule has 98 valence electrons. The van der Waals surface area contributed by atoms with E-state index in [4.69, 9.17) is 4.74 Å². The Hall–Kier alpha value is -2.29. The van der Waals surface area contributed by atoms with Gasteiger partial charge in [0.25, 0.3) is 0 Å². The number of phenolic OH excluding ortho intramolecular Hbond substituents is 1. The molecule has 0 unspecified atom stereocenters. The maximum Gasteiger partial charge on any atom is 0.159 e. The fraction of sp³-hybridized carbons (Fsp3) is 0.188. The number of phenols is 1. The second-order valence-electron chi connectivity index (χ2n) is 4.35. The number of hydrogen-bond acceptors (Lipinski definition) is 3. The van der Waals surface area contributed by atoms with E-state index in [1.54, 1.807) is 36.4 Å². The lowest BCUT2D eigenvalue weighted by Crippen LogP contribution is -2.02. The molecule has 0 aromatic heterocycles. The zero-order valence-corrected chi connectivity index (χ0v) is 10.8. The topological polar surface area (TPSA) is 46.5 Å². The first-order valence-electron chi connectivity index (χ1n) is 6.17. The van der Waals surface area contributed by atoms with E-state index in [0.29, 0.717) is 24.3 Å². The highest BCUT2D eigenvalue weighted by Crippen LogP contribution is 2.15. The highest BCUT2D eigenvalue weighted by Gasteiger charge is 2.01. The van der Waals surface area contributed by atoms with Crippen LogP contribution >= 0.6 is 0 Å². The number of ether oxygens (including phenoxy) is 1. The van der Waals surface area contributed by atoms with Crippen LogP contribution in [0.25, 0.3) is 0 Å². The van der Waals surface area contributed by atoms with E-state index < -0.39 is 0 Å². The predicted molar refractivity (Wildman–Crippen MR) is 73.8 cm³/mol. The quantitative estimate of drug-likeness (QED) is 0.835. The van der Waals surface area contributed by atoms with Crippen molar-refractivity contribution < 1.29 is 14.6 Å². The molecule has 2 aromatic rings. The van der Waals surface area contributed by atoms with E-state index in [9.17, 15) is 9.90 Å². The van der Waals surface area contributed by atoms with Crippen molar-refractivity contribution >= 4 is 5.78 Å². The molecular formula is C16H16O3. The third kappa shape index (κ3) is 3.85. The molecule has 0 spiro atoms. The summed E-state index contributed by atoms with van der Waals surface area (Å²) in [5.41, 5.74) is 1.66. The van der Waals surface area contributed by atoms with Crippen LogP contribution in [0.2, 0.25) is 0 Å². The normalized spacial score (nSPS) is 10.2. The van der Waals surface area contributed by atoms with Gasteiger partial charge in [-0.05, 0) is 36.8 Å². The molecule has 0 atom stereocenters. The number of carbonyl (C=O) groups excluding carboxylic acids is 1. The van der Waals surface area contributed by atoms with Crippen LogP contribution in [0, 0.1) is 0 Å². The standard InChI is InChI=1S/C16H16O3/c1-12(17)14-5-3-7-16(11-14)19-9-8-13-4-2-6-15(18)10-13/h2-7,10-11,18H,8-9H2,1H3. The SMILES string of the molecule is CC(=O)c1cccc(OCCc2cccc(O)c2)c1. The van der Waals surface area contributed by atoms with Crippen molar-refractivity contribution in [2.24, 2.45) is 0 Å². The summed E-state index contributed by atoms with van der Waals surface area (Å²) in [5.74, 6) is 0.974. The molecule has 3 nitrogen and oxygen atoms in total. The van der Waals surface area contributed by atoms with Crippen LogP contribution in [-0.2, 0) is 6.42 Å². The number of hydrogen-bond donors (Lipinski definition) is 1. The van der Waals surface area contributed by atoms with Gasteiger partial charge in [-0.2, -0.15) is 0 Å². The van der Waals surface area contributed by atoms with Crippen molar-refractivity contribution in [2.45, 2.75) is 13.3 Å². The van der Waals surface area contributed by atoms with Gasteiger partial charge in [0.1, 0.15) is 11.5 Å². The maximum atomic E-state index is 11.2. The predicted octanol–water partition coefficient (Wildman–Crippen LogP) is 3.22. The highest BCUT2D eigenvalue weighted by molar-refractivity contribution is 5.94. The molecule has 0 aliphatic carbocycles. The van der Waals surface area contributed by atoms with Crippen LogP contribution in [-0.4, -0.2) is 17.5 Å². The van der Waals surface area contributed by atoms with Crippen LogP contribution in [0.4, 0.5) is 0 Å². The first kappa shape index (κ1) is 13.1. The minimum absolute atomic E-state index is 0.0263. The minimum Gasteiger partial charge on any atom is -0.508 e. The summed E-state index contributed by atoms with van der Waals surface area (Å²) in [6.45, 7) is 2.04. The average molecular weight is 256 g/mol. The lowest BCUT2D eigenvalue weighted by Gasteiger charge is -2.07. The van der Waals surface area contributed by atoms with Crippen molar-refractivity contribution in [3.8, 4) is 11.5 Å². The second kappa shape index (κ2) is 6.05. The van der Waals surface area contributed by atoms with Crippen molar-refractivity contribution in [1.82, 2.24) is 0 Å². The first-order chi connectivity index (χ1) is 9.15. The summed E-state index contributed by atoms with van der Waals surface area (Å²) in [7, 11) is 0. The van der Waals surface area contributed by atoms with E-state index in [1.807, 2.05) is 12.1 Å². The largest absolute Gasteiger partial charge is 0.508 e. The second-order valence-corrected chi connectivity index (χ2v) is 4.35. The van der Waals surface area contributed by atoms with Crippen LogP contribution in [0.15, 0.2) is 48.5 Å². The summed E-state index contributed by atoms with van der Waals surface area (Å²) in [5, 5.41) is 9.35. The molecule has 0 saturated heterocycles. The van der Waals surface area contributed by atoms with E-state index in [0.717, 1.165) is 5.56 Å². The Bertz CT molecular complexity index is 576. The van der Waals surface area contributed by atoms with Crippen molar-refractivity contribution in [3.63, 3.8) is 0 Å². The molecule has 0 heterocycles. The molecule has 2 rings (SSSR count). The molecule has 2 aromatic carbocycles. The Morgan fingerprint density at radius 3 is 2.68 bits per heavy atom. The number of ketones is 1. The Morgan fingerprint density at radius 2 is 1.95 bits per heavy atom. The van der Waals surface area contributed by atoms with Gasteiger partial charge in [0.15, 0.2) is 5.78 Å². The van der Waals surface area contributed by atoms with Gasteiger partial charge in [-0.1, -0.05) is 24.3 Å². The molecule has 0 radical (unpaired) electrons. The van der Waals surface area contributed by atoms with E-state index in [2.05, 4.69) is 0 Å². The van der Waals surface area contributed by atoms with Gasteiger partial charge in [-0.3, -0.25) is 4.79 Å². The molecule has 0 saturated carbocycles. The number of Topliss-reactive ketones (excluding diaryl/α,β-unsaturated/α-hetero) is 1. The fourth-order valence-electron chi connectivity index (χ4n) is 1.80. The summed E-state index contributed by atoms with van der Waals surface area (Å²) >= 11 is 0. The lowest BCUT2D eigenvalue weighted by molar-refractivity contribution is 0.101. The lowest BCUT2D eigenvalue weighted by atomic mass is 10.1. The Labute approximate surface area is 112 Å². The van der Waals surface area contributed by atoms with Crippen molar-refractivity contribution in [2.75, 3.05) is 6.61 Å². The molecule has 0 bridgehead atoms. The number of rotatable bonds is 5. The number of benzene rings is 2. The van der Waals surface area contributed by atoms with Gasteiger partial charge in [0.05, 0.1) is 6.61 Å². The van der Waals surface area contributed by atoms with E-state index in [1.165, 1.54) is 6.92 Å². The monoisotopic (exact) mass is 256 g/mol. The van der Waals surface area contributed by atoms with Crippen LogP contribution in [0.3, 0.4) is 0 Å². The molecular weight excluding hydrogens is 240 g/mol. The zero-order chi connectivity index (χ0) is 13.7. The molecule has 19 heavy (non-hydrogen) atoms. The molecule has 3 heteroatoms. The van der Waals surface area contributed by atoms with Crippen LogP contribution in [0.5, 0.6) is 11.5 Å². The van der Waals surface area contributed by atoms with Gasteiger partial charge in [0.2, 0.25) is 0 Å². The van der Waals surface area contributed by atoms with Gasteiger partial charge in [-0.25, -0.2) is 0 Å². The molecule has 0 amide bonds. The minimum atomic E-state index is 0.0263. The van der Waals surface area contributed by atoms with Crippen LogP contribution < -0.4 is 4.74 Å². The zero-order valence-electron chi connectivity index (χ0n) is 10.8. The summed E-state index contributed by atoms with van der Waals surface area (Å²) in [6.07, 6.45) is 0.707. The Morgan fingerprint density at radius 1 is 1.16 bits per heavy atom. The number of carbonyl (C=O) groups is 1.